The van der Waals surface area contributed by atoms with Gasteiger partial charge in [-0.15, -0.1) is 0 Å². The van der Waals surface area contributed by atoms with Crippen molar-refractivity contribution >= 4 is 5.91 Å². The zero-order chi connectivity index (χ0) is 29.8. The van der Waals surface area contributed by atoms with E-state index in [0.717, 1.165) is 68.2 Å². The lowest BCUT2D eigenvalue weighted by molar-refractivity contribution is 0.0326. The molecule has 228 valence electrons. The first kappa shape index (κ1) is 29.6. The van der Waals surface area contributed by atoms with Crippen LogP contribution in [0.3, 0.4) is 0 Å². The highest BCUT2D eigenvalue weighted by Gasteiger charge is 2.43. The van der Waals surface area contributed by atoms with Crippen LogP contribution in [-0.2, 0) is 12.8 Å². The number of aromatic nitrogens is 1. The van der Waals surface area contributed by atoms with Crippen molar-refractivity contribution in [3.63, 3.8) is 0 Å². The molecule has 1 spiro atoms. The number of amides is 1. The average molecular weight is 584 g/mol. The van der Waals surface area contributed by atoms with Gasteiger partial charge in [0, 0.05) is 42.9 Å². The van der Waals surface area contributed by atoms with Crippen molar-refractivity contribution in [2.45, 2.75) is 107 Å². The van der Waals surface area contributed by atoms with E-state index >= 15 is 0 Å². The van der Waals surface area contributed by atoms with E-state index in [1.165, 1.54) is 24.5 Å². The summed E-state index contributed by atoms with van der Waals surface area (Å²) in [6, 6.07) is 19.2. The number of aryl methyl sites for hydroxylation is 1. The number of carbonyl (C=O) groups is 1. The number of nitrogens with zero attached hydrogens (tertiary/aromatic N) is 1. The van der Waals surface area contributed by atoms with E-state index in [1.54, 1.807) is 16.8 Å². The molecule has 2 aromatic carbocycles. The Morgan fingerprint density at radius 2 is 1.79 bits per heavy atom. The van der Waals surface area contributed by atoms with Crippen molar-refractivity contribution in [2.24, 2.45) is 0 Å². The van der Waals surface area contributed by atoms with Gasteiger partial charge in [-0.25, -0.2) is 0 Å². The fourth-order valence-electron chi connectivity index (χ4n) is 7.36. The Kier molecular flexibility index (Phi) is 9.01. The number of carbonyl (C=O) groups excluding carboxylic acids is 1. The summed E-state index contributed by atoms with van der Waals surface area (Å²) in [5, 5.41) is 18.4. The lowest BCUT2D eigenvalue weighted by Gasteiger charge is -2.41. The second kappa shape index (κ2) is 13.1. The standard InChI is InChI=1S/C36H45N3O4/c1-2-25-14-16-33-29(20-25)31(22-36(43-33)18-8-9-19-36)37-23-32(40)30(21-26-10-4-3-5-11-26)38-35(42)27-15-17-34(41)39(24-27)28-12-6-7-13-28/h3-5,10-11,14-17,20,24,28,30-32,37,40H,2,6-9,12-13,18-19,21-23H2,1H3,(H,38,42)/t30-,31?,32+/m0/s1. The molecule has 2 saturated carbocycles. The number of fused-ring (bicyclic) bond motifs is 1. The predicted octanol–water partition coefficient (Wildman–Crippen LogP) is 5.65. The highest BCUT2D eigenvalue weighted by Crippen LogP contribution is 2.47. The second-order valence-corrected chi connectivity index (χ2v) is 12.8. The van der Waals surface area contributed by atoms with Gasteiger partial charge in [-0.1, -0.05) is 62.2 Å². The number of hydrogen-bond donors (Lipinski definition) is 3. The molecule has 2 aliphatic carbocycles. The first-order chi connectivity index (χ1) is 20.9. The van der Waals surface area contributed by atoms with Crippen LogP contribution in [-0.4, -0.2) is 39.9 Å². The van der Waals surface area contributed by atoms with E-state index in [1.807, 2.05) is 30.3 Å². The van der Waals surface area contributed by atoms with Crippen LogP contribution in [0.2, 0.25) is 0 Å². The lowest BCUT2D eigenvalue weighted by atomic mass is 9.85. The van der Waals surface area contributed by atoms with Crippen molar-refractivity contribution in [3.8, 4) is 5.75 Å². The number of benzene rings is 2. The molecular weight excluding hydrogens is 538 g/mol. The monoisotopic (exact) mass is 583 g/mol. The smallest absolute Gasteiger partial charge is 0.253 e. The van der Waals surface area contributed by atoms with Crippen LogP contribution in [0.15, 0.2) is 71.7 Å². The molecule has 7 nitrogen and oxygen atoms in total. The van der Waals surface area contributed by atoms with Crippen molar-refractivity contribution in [1.29, 1.82) is 0 Å². The van der Waals surface area contributed by atoms with Gasteiger partial charge in [0.05, 0.1) is 17.7 Å². The van der Waals surface area contributed by atoms with Gasteiger partial charge in [-0.05, 0) is 74.6 Å². The molecule has 7 heteroatoms. The van der Waals surface area contributed by atoms with Crippen LogP contribution in [0.25, 0.3) is 0 Å². The van der Waals surface area contributed by atoms with Crippen LogP contribution in [0, 0.1) is 0 Å². The Hall–Kier alpha value is -3.42. The van der Waals surface area contributed by atoms with E-state index in [4.69, 9.17) is 4.74 Å². The molecule has 1 amide bonds. The van der Waals surface area contributed by atoms with Crippen molar-refractivity contribution in [3.05, 3.63) is 99.5 Å². The molecule has 3 aliphatic rings. The minimum atomic E-state index is -0.829. The SMILES string of the molecule is CCc1ccc2c(c1)C(NC[C@@H](O)[C@H](Cc1ccccc1)NC(=O)c1ccc(=O)n(C3CCCC3)c1)CC1(CCCC1)O2. The van der Waals surface area contributed by atoms with Crippen molar-refractivity contribution in [2.75, 3.05) is 6.54 Å². The third-order valence-electron chi connectivity index (χ3n) is 9.85. The van der Waals surface area contributed by atoms with Crippen LogP contribution in [0.5, 0.6) is 5.75 Å². The average Bonchev–Trinajstić information content (AvgIpc) is 3.73. The first-order valence-electron chi connectivity index (χ1n) is 16.2. The van der Waals surface area contributed by atoms with E-state index < -0.39 is 12.1 Å². The molecule has 3 aromatic rings. The number of nitrogens with one attached hydrogen (secondary N) is 2. The second-order valence-electron chi connectivity index (χ2n) is 12.8. The van der Waals surface area contributed by atoms with Crippen LogP contribution in [0.1, 0.15) is 104 Å². The van der Waals surface area contributed by atoms with Gasteiger partial charge in [0.25, 0.3) is 11.5 Å². The van der Waals surface area contributed by atoms with Crippen LogP contribution >= 0.6 is 0 Å². The summed E-state index contributed by atoms with van der Waals surface area (Å²) < 4.78 is 8.34. The fourth-order valence-corrected chi connectivity index (χ4v) is 7.36. The molecular formula is C36H45N3O4. The number of rotatable bonds is 10. The number of pyridine rings is 1. The van der Waals surface area contributed by atoms with E-state index in [-0.39, 0.29) is 29.2 Å². The predicted molar refractivity (Wildman–Crippen MR) is 169 cm³/mol. The number of hydrogen-bond acceptors (Lipinski definition) is 5. The molecule has 1 unspecified atom stereocenters. The summed E-state index contributed by atoms with van der Waals surface area (Å²) in [6.45, 7) is 2.49. The van der Waals surface area contributed by atoms with Crippen LogP contribution < -0.4 is 20.9 Å². The molecule has 1 aromatic heterocycles. The molecule has 1 aliphatic heterocycles. The topological polar surface area (TPSA) is 92.6 Å². The maximum absolute atomic E-state index is 13.6. The van der Waals surface area contributed by atoms with E-state index in [0.29, 0.717) is 18.5 Å². The maximum Gasteiger partial charge on any atom is 0.253 e. The minimum Gasteiger partial charge on any atom is -0.487 e. The van der Waals surface area contributed by atoms with Crippen molar-refractivity contribution in [1.82, 2.24) is 15.2 Å². The molecule has 2 heterocycles. The van der Waals surface area contributed by atoms with Gasteiger partial charge in [0.2, 0.25) is 0 Å². The van der Waals surface area contributed by atoms with E-state index in [2.05, 4.69) is 35.8 Å². The normalized spacial score (nSPS) is 20.8. The van der Waals surface area contributed by atoms with Gasteiger partial charge in [0.15, 0.2) is 0 Å². The first-order valence-corrected chi connectivity index (χ1v) is 16.2. The molecule has 6 rings (SSSR count). The highest BCUT2D eigenvalue weighted by atomic mass is 16.5. The Balaban J connectivity index is 1.20. The van der Waals surface area contributed by atoms with Gasteiger partial charge in [-0.3, -0.25) is 9.59 Å². The summed E-state index contributed by atoms with van der Waals surface area (Å²) in [7, 11) is 0. The van der Waals surface area contributed by atoms with Crippen molar-refractivity contribution < 1.29 is 14.6 Å². The lowest BCUT2D eigenvalue weighted by Crippen LogP contribution is -2.50. The molecule has 43 heavy (non-hydrogen) atoms. The molecule has 2 fully saturated rings. The molecule has 0 saturated heterocycles. The summed E-state index contributed by atoms with van der Waals surface area (Å²) in [5.74, 6) is 0.671. The summed E-state index contributed by atoms with van der Waals surface area (Å²) in [4.78, 5) is 26.1. The highest BCUT2D eigenvalue weighted by molar-refractivity contribution is 5.94. The Morgan fingerprint density at radius 3 is 2.53 bits per heavy atom. The fraction of sp³-hybridized carbons (Fsp3) is 0.500. The number of aliphatic hydroxyl groups excluding tert-OH is 1. The summed E-state index contributed by atoms with van der Waals surface area (Å²) in [6.07, 6.45) is 11.8. The quantitative estimate of drug-likeness (QED) is 0.287. The van der Waals surface area contributed by atoms with Gasteiger partial charge in [-0.2, -0.15) is 0 Å². The zero-order valence-corrected chi connectivity index (χ0v) is 25.3. The van der Waals surface area contributed by atoms with Gasteiger partial charge < -0.3 is 25.0 Å². The zero-order valence-electron chi connectivity index (χ0n) is 25.3. The Bertz CT molecular complexity index is 1460. The minimum absolute atomic E-state index is 0.0612. The third kappa shape index (κ3) is 6.73. The third-order valence-corrected chi connectivity index (χ3v) is 9.85. The molecule has 0 radical (unpaired) electrons. The molecule has 3 atom stereocenters. The largest absolute Gasteiger partial charge is 0.487 e. The van der Waals surface area contributed by atoms with Crippen LogP contribution in [0.4, 0.5) is 0 Å². The number of ether oxygens (including phenoxy) is 1. The summed E-state index contributed by atoms with van der Waals surface area (Å²) >= 11 is 0. The molecule has 3 N–H and O–H groups in total. The molecule has 0 bridgehead atoms. The number of aliphatic hydroxyl groups is 1. The maximum atomic E-state index is 13.6. The Labute approximate surface area is 254 Å². The summed E-state index contributed by atoms with van der Waals surface area (Å²) in [5.41, 5.74) is 3.68. The Morgan fingerprint density at radius 1 is 1.02 bits per heavy atom. The van der Waals surface area contributed by atoms with E-state index in [9.17, 15) is 14.7 Å². The van der Waals surface area contributed by atoms with Gasteiger partial charge >= 0.3 is 0 Å². The van der Waals surface area contributed by atoms with Gasteiger partial charge in [0.1, 0.15) is 11.4 Å².